The first-order valence-electron chi connectivity index (χ1n) is 5.10. The number of hydrogen-bond acceptors (Lipinski definition) is 1. The van der Waals surface area contributed by atoms with E-state index in [1.54, 1.807) is 0 Å². The quantitative estimate of drug-likeness (QED) is 0.697. The molecule has 0 saturated carbocycles. The predicted molar refractivity (Wildman–Crippen MR) is 55.9 cm³/mol. The summed E-state index contributed by atoms with van der Waals surface area (Å²) < 4.78 is 14.2. The van der Waals surface area contributed by atoms with Gasteiger partial charge in [0.1, 0.15) is 0 Å². The summed E-state index contributed by atoms with van der Waals surface area (Å²) in [5.41, 5.74) is -0.289. The molecule has 0 aromatic heterocycles. The summed E-state index contributed by atoms with van der Waals surface area (Å²) in [4.78, 5) is 2.15. The predicted octanol–water partition coefficient (Wildman–Crippen LogP) is 2.58. The third kappa shape index (κ3) is 1.55. The summed E-state index contributed by atoms with van der Waals surface area (Å²) in [6.07, 6.45) is 0. The molecule has 2 heteroatoms. The Morgan fingerprint density at radius 1 is 1.21 bits per heavy atom. The molecule has 1 aromatic rings. The van der Waals surface area contributed by atoms with Crippen LogP contribution in [0.3, 0.4) is 0 Å². The molecule has 1 nitrogen and oxygen atoms in total. The van der Waals surface area contributed by atoms with Gasteiger partial charge in [-0.3, -0.25) is 4.90 Å². The first kappa shape index (κ1) is 9.66. The van der Waals surface area contributed by atoms with Crippen LogP contribution in [0.25, 0.3) is 0 Å². The van der Waals surface area contributed by atoms with Crippen molar-refractivity contribution in [2.45, 2.75) is 25.6 Å². The van der Waals surface area contributed by atoms with Gasteiger partial charge in [0.2, 0.25) is 0 Å². The first-order chi connectivity index (χ1) is 6.62. The average Bonchev–Trinajstić information content (AvgIpc) is 2.14. The number of likely N-dealkylation sites (tertiary alicyclic amines) is 1. The van der Waals surface area contributed by atoms with Crippen LogP contribution in [-0.2, 0) is 5.67 Å². The summed E-state index contributed by atoms with van der Waals surface area (Å²) in [5, 5.41) is 0. The van der Waals surface area contributed by atoms with E-state index >= 15 is 0 Å². The van der Waals surface area contributed by atoms with E-state index in [4.69, 9.17) is 0 Å². The van der Waals surface area contributed by atoms with Crippen LogP contribution in [0.2, 0.25) is 0 Å². The van der Waals surface area contributed by atoms with Gasteiger partial charge in [0.25, 0.3) is 0 Å². The van der Waals surface area contributed by atoms with Crippen LogP contribution in [0.1, 0.15) is 19.4 Å². The molecule has 0 spiro atoms. The zero-order valence-corrected chi connectivity index (χ0v) is 8.70. The topological polar surface area (TPSA) is 3.24 Å². The minimum absolute atomic E-state index is 0.447. The van der Waals surface area contributed by atoms with Crippen molar-refractivity contribution < 1.29 is 4.39 Å². The van der Waals surface area contributed by atoms with Gasteiger partial charge >= 0.3 is 0 Å². The van der Waals surface area contributed by atoms with Gasteiger partial charge in [-0.1, -0.05) is 30.3 Å². The molecule has 2 rings (SSSR count). The van der Waals surface area contributed by atoms with Crippen molar-refractivity contribution in [3.8, 4) is 0 Å². The maximum absolute atomic E-state index is 14.2. The first-order valence-corrected chi connectivity index (χ1v) is 5.10. The van der Waals surface area contributed by atoms with E-state index < -0.39 is 5.67 Å². The van der Waals surface area contributed by atoms with Crippen LogP contribution in [0.5, 0.6) is 0 Å². The highest BCUT2D eigenvalue weighted by atomic mass is 19.1. The summed E-state index contributed by atoms with van der Waals surface area (Å²) in [6, 6.07) is 9.91. The summed E-state index contributed by atoms with van der Waals surface area (Å²) in [5.74, 6) is 0. The molecule has 76 valence electrons. The monoisotopic (exact) mass is 193 g/mol. The van der Waals surface area contributed by atoms with Gasteiger partial charge < -0.3 is 0 Å². The number of hydrogen-bond donors (Lipinski definition) is 0. The SMILES string of the molecule is CC(C)N1CC(F)(c2ccccc2)C1. The molecule has 14 heavy (non-hydrogen) atoms. The Bertz CT molecular complexity index is 301. The van der Waals surface area contributed by atoms with Crippen molar-refractivity contribution in [1.82, 2.24) is 4.90 Å². The summed E-state index contributed by atoms with van der Waals surface area (Å²) >= 11 is 0. The minimum atomic E-state index is -1.11. The van der Waals surface area contributed by atoms with Crippen molar-refractivity contribution in [3.05, 3.63) is 35.9 Å². The van der Waals surface area contributed by atoms with E-state index in [9.17, 15) is 4.39 Å². The highest BCUT2D eigenvalue weighted by molar-refractivity contribution is 5.26. The Kier molecular flexibility index (Phi) is 2.31. The standard InChI is InChI=1S/C12H16FN/c1-10(2)14-8-12(13,9-14)11-6-4-3-5-7-11/h3-7,10H,8-9H2,1-2H3. The third-order valence-corrected chi connectivity index (χ3v) is 2.93. The lowest BCUT2D eigenvalue weighted by Gasteiger charge is -2.47. The van der Waals surface area contributed by atoms with Crippen molar-refractivity contribution in [2.24, 2.45) is 0 Å². The Balaban J connectivity index is 2.08. The molecule has 1 aliphatic rings. The van der Waals surface area contributed by atoms with Gasteiger partial charge in [0, 0.05) is 19.1 Å². The van der Waals surface area contributed by atoms with Gasteiger partial charge in [-0.2, -0.15) is 0 Å². The number of alkyl halides is 1. The fraction of sp³-hybridized carbons (Fsp3) is 0.500. The summed E-state index contributed by atoms with van der Waals surface area (Å²) in [7, 11) is 0. The Hall–Kier alpha value is -0.890. The van der Waals surface area contributed by atoms with Crippen LogP contribution in [0, 0.1) is 0 Å². The van der Waals surface area contributed by atoms with Crippen molar-refractivity contribution >= 4 is 0 Å². The lowest BCUT2D eigenvalue weighted by atomic mass is 9.87. The molecular weight excluding hydrogens is 177 g/mol. The molecule has 0 radical (unpaired) electrons. The normalized spacial score (nSPS) is 20.9. The highest BCUT2D eigenvalue weighted by Crippen LogP contribution is 2.36. The van der Waals surface area contributed by atoms with E-state index in [1.807, 2.05) is 30.3 Å². The van der Waals surface area contributed by atoms with Gasteiger partial charge in [0.15, 0.2) is 5.67 Å². The zero-order chi connectivity index (χ0) is 10.2. The zero-order valence-electron chi connectivity index (χ0n) is 8.70. The molecule has 0 aliphatic carbocycles. The van der Waals surface area contributed by atoms with Crippen molar-refractivity contribution in [2.75, 3.05) is 13.1 Å². The Morgan fingerprint density at radius 2 is 1.79 bits per heavy atom. The van der Waals surface area contributed by atoms with E-state index in [-0.39, 0.29) is 0 Å². The molecule has 1 aliphatic heterocycles. The van der Waals surface area contributed by atoms with Gasteiger partial charge in [-0.05, 0) is 19.4 Å². The molecular formula is C12H16FN. The van der Waals surface area contributed by atoms with E-state index in [2.05, 4.69) is 18.7 Å². The molecule has 0 bridgehead atoms. The second kappa shape index (κ2) is 3.35. The maximum atomic E-state index is 14.2. The molecule has 1 aromatic carbocycles. The second-order valence-electron chi connectivity index (χ2n) is 4.33. The van der Waals surface area contributed by atoms with Crippen molar-refractivity contribution in [3.63, 3.8) is 0 Å². The van der Waals surface area contributed by atoms with Crippen LogP contribution < -0.4 is 0 Å². The molecule has 0 N–H and O–H groups in total. The largest absolute Gasteiger partial charge is 0.294 e. The molecule has 1 heterocycles. The number of halogens is 1. The smallest absolute Gasteiger partial charge is 0.161 e. The fourth-order valence-electron chi connectivity index (χ4n) is 1.88. The third-order valence-electron chi connectivity index (χ3n) is 2.93. The second-order valence-corrected chi connectivity index (χ2v) is 4.33. The Labute approximate surface area is 84.5 Å². The van der Waals surface area contributed by atoms with E-state index in [1.165, 1.54) is 0 Å². The lowest BCUT2D eigenvalue weighted by molar-refractivity contribution is -0.0541. The van der Waals surface area contributed by atoms with Gasteiger partial charge in [-0.25, -0.2) is 4.39 Å². The highest BCUT2D eigenvalue weighted by Gasteiger charge is 2.45. The minimum Gasteiger partial charge on any atom is -0.294 e. The molecule has 1 fully saturated rings. The fourth-order valence-corrected chi connectivity index (χ4v) is 1.88. The molecule has 0 unspecified atom stereocenters. The number of benzene rings is 1. The molecule has 0 amide bonds. The van der Waals surface area contributed by atoms with Crippen molar-refractivity contribution in [1.29, 1.82) is 0 Å². The molecule has 1 saturated heterocycles. The van der Waals surface area contributed by atoms with Crippen LogP contribution in [-0.4, -0.2) is 24.0 Å². The van der Waals surface area contributed by atoms with E-state index in [0.29, 0.717) is 19.1 Å². The Morgan fingerprint density at radius 3 is 2.29 bits per heavy atom. The maximum Gasteiger partial charge on any atom is 0.161 e. The average molecular weight is 193 g/mol. The van der Waals surface area contributed by atoms with Crippen LogP contribution in [0.15, 0.2) is 30.3 Å². The number of nitrogens with zero attached hydrogens (tertiary/aromatic N) is 1. The summed E-state index contributed by atoms with van der Waals surface area (Å²) in [6.45, 7) is 5.28. The van der Waals surface area contributed by atoms with E-state index in [0.717, 1.165) is 5.56 Å². The lowest BCUT2D eigenvalue weighted by Crippen LogP contribution is -2.58. The van der Waals surface area contributed by atoms with Crippen LogP contribution >= 0.6 is 0 Å². The molecule has 0 atom stereocenters. The number of rotatable bonds is 2. The van der Waals surface area contributed by atoms with Gasteiger partial charge in [-0.15, -0.1) is 0 Å². The van der Waals surface area contributed by atoms with Crippen LogP contribution in [0.4, 0.5) is 4.39 Å². The van der Waals surface area contributed by atoms with Gasteiger partial charge in [0.05, 0.1) is 0 Å².